The number of para-hydroxylation sites is 1. The average molecular weight is 267 g/mol. The monoisotopic (exact) mass is 267 g/mol. The number of Topliss-reactive ketones (excluding diaryl/α,β-unsaturated/α-hetero) is 1. The van der Waals surface area contributed by atoms with Crippen molar-refractivity contribution in [3.63, 3.8) is 0 Å². The number of hydrogen-bond acceptors (Lipinski definition) is 4. The lowest BCUT2D eigenvalue weighted by Crippen LogP contribution is -2.37. The number of nitrogens with one attached hydrogen (secondary N) is 1. The molecule has 0 unspecified atom stereocenters. The van der Waals surface area contributed by atoms with E-state index in [1.807, 2.05) is 0 Å². The van der Waals surface area contributed by atoms with Gasteiger partial charge in [-0.25, -0.2) is 0 Å². The van der Waals surface area contributed by atoms with Crippen LogP contribution < -0.4 is 8.91 Å². The predicted molar refractivity (Wildman–Crippen MR) is 64.2 cm³/mol. The maximum Gasteiger partial charge on any atom is 0.383 e. The Kier molecular flexibility index (Phi) is 2.64. The first-order valence-electron chi connectivity index (χ1n) is 5.88. The zero-order valence-corrected chi connectivity index (χ0v) is 10.4. The highest BCUT2D eigenvalue weighted by molar-refractivity contribution is 7.85. The van der Waals surface area contributed by atoms with Crippen molar-refractivity contribution in [3.05, 3.63) is 29.8 Å². The molecule has 1 fully saturated rings. The number of benzene rings is 1. The van der Waals surface area contributed by atoms with E-state index in [4.69, 9.17) is 4.18 Å². The topological polar surface area (TPSA) is 72.5 Å². The summed E-state index contributed by atoms with van der Waals surface area (Å²) in [6, 6.07) is 6.38. The van der Waals surface area contributed by atoms with Gasteiger partial charge in [0, 0.05) is 17.9 Å². The first-order valence-corrected chi connectivity index (χ1v) is 7.29. The molecule has 0 aromatic heterocycles. The van der Waals surface area contributed by atoms with Gasteiger partial charge in [0.15, 0.2) is 0 Å². The van der Waals surface area contributed by atoms with Crippen molar-refractivity contribution in [2.45, 2.75) is 25.3 Å². The molecule has 1 heterocycles. The smallest absolute Gasteiger partial charge is 0.371 e. The van der Waals surface area contributed by atoms with Crippen LogP contribution in [0.5, 0.6) is 5.75 Å². The molecule has 1 aromatic rings. The molecule has 1 aliphatic heterocycles. The summed E-state index contributed by atoms with van der Waals surface area (Å²) in [5.41, 5.74) is 0.723. The summed E-state index contributed by atoms with van der Waals surface area (Å²) < 4.78 is 30.3. The van der Waals surface area contributed by atoms with E-state index in [9.17, 15) is 13.2 Å². The second kappa shape index (κ2) is 4.07. The molecule has 6 heteroatoms. The molecule has 0 bridgehead atoms. The van der Waals surface area contributed by atoms with Crippen LogP contribution in [0.1, 0.15) is 30.9 Å². The Balaban J connectivity index is 1.90. The van der Waals surface area contributed by atoms with Crippen LogP contribution in [0.4, 0.5) is 0 Å². The highest BCUT2D eigenvalue weighted by Gasteiger charge is 2.36. The third kappa shape index (κ3) is 2.26. The molecule has 18 heavy (non-hydrogen) atoms. The predicted octanol–water partition coefficient (Wildman–Crippen LogP) is 1.32. The Hall–Kier alpha value is -1.40. The lowest BCUT2D eigenvalue weighted by atomic mass is 9.99. The Bertz CT molecular complexity index is 592. The third-order valence-electron chi connectivity index (χ3n) is 3.22. The van der Waals surface area contributed by atoms with Gasteiger partial charge >= 0.3 is 10.3 Å². The van der Waals surface area contributed by atoms with Gasteiger partial charge in [0.05, 0.1) is 6.04 Å². The van der Waals surface area contributed by atoms with Gasteiger partial charge < -0.3 is 4.18 Å². The average Bonchev–Trinajstić information content (AvgIpc) is 3.11. The van der Waals surface area contributed by atoms with Gasteiger partial charge in [0.1, 0.15) is 11.5 Å². The minimum absolute atomic E-state index is 0.124. The molecular weight excluding hydrogens is 254 g/mol. The number of rotatable bonds is 3. The van der Waals surface area contributed by atoms with Gasteiger partial charge in [0.2, 0.25) is 0 Å². The maximum absolute atomic E-state index is 11.8. The SMILES string of the molecule is O=C(C[C@H]1NS(=O)(=O)Oc2ccccc21)C1CC1. The summed E-state index contributed by atoms with van der Waals surface area (Å²) in [5.74, 6) is 0.564. The second-order valence-electron chi connectivity index (χ2n) is 4.69. The van der Waals surface area contributed by atoms with Crippen molar-refractivity contribution in [3.8, 4) is 5.75 Å². The normalized spacial score (nSPS) is 25.0. The molecule has 0 amide bonds. The van der Waals surface area contributed by atoms with Crippen molar-refractivity contribution in [2.75, 3.05) is 0 Å². The fourth-order valence-electron chi connectivity index (χ4n) is 2.15. The van der Waals surface area contributed by atoms with Crippen molar-refractivity contribution in [1.29, 1.82) is 0 Å². The van der Waals surface area contributed by atoms with E-state index in [-0.39, 0.29) is 18.1 Å². The van der Waals surface area contributed by atoms with Crippen LogP contribution in [0, 0.1) is 5.92 Å². The Labute approximate surface area is 105 Å². The molecule has 0 spiro atoms. The van der Waals surface area contributed by atoms with Crippen molar-refractivity contribution in [2.24, 2.45) is 5.92 Å². The number of hydrogen-bond donors (Lipinski definition) is 1. The van der Waals surface area contributed by atoms with Crippen molar-refractivity contribution >= 4 is 16.1 Å². The summed E-state index contributed by atoms with van der Waals surface area (Å²) in [5, 5.41) is 0. The lowest BCUT2D eigenvalue weighted by molar-refractivity contribution is -0.120. The Morgan fingerprint density at radius 3 is 2.78 bits per heavy atom. The molecule has 1 saturated carbocycles. The van der Waals surface area contributed by atoms with Crippen LogP contribution in [-0.4, -0.2) is 14.2 Å². The summed E-state index contributed by atoms with van der Waals surface area (Å²) in [7, 11) is -3.80. The van der Waals surface area contributed by atoms with E-state index in [0.29, 0.717) is 5.75 Å². The van der Waals surface area contributed by atoms with Gasteiger partial charge in [-0.05, 0) is 18.9 Å². The summed E-state index contributed by atoms with van der Waals surface area (Å²) in [6.07, 6.45) is 2.05. The minimum atomic E-state index is -3.80. The molecular formula is C12H13NO4S. The molecule has 3 rings (SSSR count). The van der Waals surface area contributed by atoms with Gasteiger partial charge in [-0.3, -0.25) is 4.79 Å². The molecule has 1 aliphatic carbocycles. The van der Waals surface area contributed by atoms with Gasteiger partial charge in [-0.2, -0.15) is 13.1 Å². The van der Waals surface area contributed by atoms with Crippen LogP contribution in [0.3, 0.4) is 0 Å². The molecule has 1 N–H and O–H groups in total. The van der Waals surface area contributed by atoms with E-state index >= 15 is 0 Å². The fourth-order valence-corrected chi connectivity index (χ4v) is 3.14. The quantitative estimate of drug-likeness (QED) is 0.896. The fraction of sp³-hybridized carbons (Fsp3) is 0.417. The zero-order valence-electron chi connectivity index (χ0n) is 9.63. The molecule has 5 nitrogen and oxygen atoms in total. The molecule has 0 saturated heterocycles. The van der Waals surface area contributed by atoms with Gasteiger partial charge in [-0.1, -0.05) is 18.2 Å². The van der Waals surface area contributed by atoms with Crippen LogP contribution >= 0.6 is 0 Å². The zero-order chi connectivity index (χ0) is 12.8. The minimum Gasteiger partial charge on any atom is -0.371 e. The van der Waals surface area contributed by atoms with Crippen LogP contribution in [0.2, 0.25) is 0 Å². The first kappa shape index (κ1) is 11.7. The molecule has 1 atom stereocenters. The van der Waals surface area contributed by atoms with Crippen molar-refractivity contribution in [1.82, 2.24) is 4.72 Å². The van der Waals surface area contributed by atoms with Gasteiger partial charge in [0.25, 0.3) is 0 Å². The molecule has 0 radical (unpaired) electrons. The summed E-state index contributed by atoms with van der Waals surface area (Å²) >= 11 is 0. The molecule has 2 aliphatic rings. The Morgan fingerprint density at radius 1 is 1.33 bits per heavy atom. The van der Waals surface area contributed by atoms with E-state index in [1.165, 1.54) is 0 Å². The van der Waals surface area contributed by atoms with E-state index in [1.54, 1.807) is 24.3 Å². The standard InChI is InChI=1S/C12H13NO4S/c14-11(8-5-6-8)7-10-9-3-1-2-4-12(9)17-18(15,16)13-10/h1-4,8,10,13H,5-7H2/t10-/m1/s1. The van der Waals surface area contributed by atoms with E-state index in [2.05, 4.69) is 4.72 Å². The lowest BCUT2D eigenvalue weighted by Gasteiger charge is -2.25. The molecule has 96 valence electrons. The molecule has 1 aromatic carbocycles. The largest absolute Gasteiger partial charge is 0.383 e. The third-order valence-corrected chi connectivity index (χ3v) is 4.19. The van der Waals surface area contributed by atoms with Crippen molar-refractivity contribution < 1.29 is 17.4 Å². The van der Waals surface area contributed by atoms with Crippen LogP contribution in [0.25, 0.3) is 0 Å². The Morgan fingerprint density at radius 2 is 2.06 bits per heavy atom. The second-order valence-corrected chi connectivity index (χ2v) is 6.00. The maximum atomic E-state index is 11.8. The number of carbonyl (C=O) groups excluding carboxylic acids is 1. The van der Waals surface area contributed by atoms with E-state index in [0.717, 1.165) is 18.4 Å². The highest BCUT2D eigenvalue weighted by Crippen LogP contribution is 2.37. The van der Waals surface area contributed by atoms with E-state index < -0.39 is 16.3 Å². The summed E-state index contributed by atoms with van der Waals surface area (Å²) in [4.78, 5) is 11.8. The van der Waals surface area contributed by atoms with Crippen LogP contribution in [-0.2, 0) is 15.1 Å². The van der Waals surface area contributed by atoms with Gasteiger partial charge in [-0.15, -0.1) is 0 Å². The number of ketones is 1. The highest BCUT2D eigenvalue weighted by atomic mass is 32.2. The summed E-state index contributed by atoms with van der Waals surface area (Å²) in [6.45, 7) is 0. The number of carbonyl (C=O) groups is 1. The first-order chi connectivity index (χ1) is 8.55. The van der Waals surface area contributed by atoms with Crippen LogP contribution in [0.15, 0.2) is 24.3 Å². The number of fused-ring (bicyclic) bond motifs is 1.